The topological polar surface area (TPSA) is 39.9 Å². The minimum Gasteiger partial charge on any atom is -0.497 e. The Labute approximate surface area is 204 Å². The zero-order valence-electron chi connectivity index (χ0n) is 19.7. The van der Waals surface area contributed by atoms with Gasteiger partial charge in [0, 0.05) is 12.2 Å². The molecule has 170 valence electrons. The van der Waals surface area contributed by atoms with E-state index < -0.39 is 0 Å². The Morgan fingerprint density at radius 1 is 0.853 bits per heavy atom. The smallest absolute Gasteiger partial charge is 0.196 e. The van der Waals surface area contributed by atoms with Gasteiger partial charge in [0.05, 0.1) is 12.8 Å². The van der Waals surface area contributed by atoms with Gasteiger partial charge in [0.2, 0.25) is 0 Å². The van der Waals surface area contributed by atoms with Crippen LogP contribution < -0.4 is 4.74 Å². The van der Waals surface area contributed by atoms with Crippen molar-refractivity contribution in [2.75, 3.05) is 7.11 Å². The van der Waals surface area contributed by atoms with E-state index in [0.717, 1.165) is 28.2 Å². The Balaban J connectivity index is 1.54. The van der Waals surface area contributed by atoms with Crippen LogP contribution in [0.5, 0.6) is 5.75 Å². The molecule has 0 radical (unpaired) electrons. The average molecular weight is 466 g/mol. The molecule has 5 heteroatoms. The second-order valence-corrected chi connectivity index (χ2v) is 9.42. The summed E-state index contributed by atoms with van der Waals surface area (Å²) in [6.07, 6.45) is 0.710. The van der Waals surface area contributed by atoms with E-state index in [1.807, 2.05) is 12.1 Å². The molecule has 0 aliphatic heterocycles. The molecule has 0 unspecified atom stereocenters. The first-order chi connectivity index (χ1) is 16.6. The zero-order valence-corrected chi connectivity index (χ0v) is 20.5. The summed E-state index contributed by atoms with van der Waals surface area (Å²) in [5, 5.41) is 12.7. The first-order valence-corrected chi connectivity index (χ1v) is 12.4. The average Bonchev–Trinajstić information content (AvgIpc) is 3.25. The molecule has 0 bridgehead atoms. The van der Waals surface area contributed by atoms with Crippen molar-refractivity contribution < 1.29 is 4.74 Å². The fraction of sp³-hybridized carbons (Fsp3) is 0.172. The monoisotopic (exact) mass is 465 g/mol. The van der Waals surface area contributed by atoms with Crippen LogP contribution in [0, 0.1) is 13.8 Å². The third-order valence-electron chi connectivity index (χ3n) is 6.02. The van der Waals surface area contributed by atoms with Crippen molar-refractivity contribution in [3.63, 3.8) is 0 Å². The summed E-state index contributed by atoms with van der Waals surface area (Å²) in [5.74, 6) is 2.59. The van der Waals surface area contributed by atoms with Gasteiger partial charge >= 0.3 is 0 Å². The highest BCUT2D eigenvalue weighted by Crippen LogP contribution is 2.30. The number of aryl methyl sites for hydroxylation is 2. The van der Waals surface area contributed by atoms with Gasteiger partial charge in [-0.15, -0.1) is 10.2 Å². The molecule has 5 aromatic rings. The molecule has 4 nitrogen and oxygen atoms in total. The van der Waals surface area contributed by atoms with Gasteiger partial charge in [-0.3, -0.25) is 4.57 Å². The predicted molar refractivity (Wildman–Crippen MR) is 140 cm³/mol. The summed E-state index contributed by atoms with van der Waals surface area (Å²) in [4.78, 5) is 0. The summed E-state index contributed by atoms with van der Waals surface area (Å²) in [6.45, 7) is 4.28. The van der Waals surface area contributed by atoms with Crippen LogP contribution in [0.2, 0.25) is 0 Å². The second kappa shape index (κ2) is 9.74. The lowest BCUT2D eigenvalue weighted by atomic mass is 10.0. The van der Waals surface area contributed by atoms with Crippen LogP contribution >= 0.6 is 11.8 Å². The summed E-state index contributed by atoms with van der Waals surface area (Å²) < 4.78 is 7.61. The molecule has 5 rings (SSSR count). The highest BCUT2D eigenvalue weighted by molar-refractivity contribution is 7.98. The lowest BCUT2D eigenvalue weighted by Gasteiger charge is -2.14. The summed E-state index contributed by atoms with van der Waals surface area (Å²) in [5.41, 5.74) is 6.02. The molecule has 0 aliphatic rings. The Morgan fingerprint density at radius 3 is 2.53 bits per heavy atom. The number of aromatic nitrogens is 3. The third kappa shape index (κ3) is 4.57. The molecule has 0 atom stereocenters. The van der Waals surface area contributed by atoms with Gasteiger partial charge in [0.1, 0.15) is 11.6 Å². The highest BCUT2D eigenvalue weighted by Gasteiger charge is 2.18. The molecule has 0 fully saturated rings. The number of rotatable bonds is 7. The number of ether oxygens (including phenoxy) is 1. The fourth-order valence-electron chi connectivity index (χ4n) is 4.33. The van der Waals surface area contributed by atoms with Crippen molar-refractivity contribution in [1.29, 1.82) is 0 Å². The van der Waals surface area contributed by atoms with Crippen LogP contribution in [-0.2, 0) is 12.2 Å². The largest absolute Gasteiger partial charge is 0.497 e. The normalized spacial score (nSPS) is 11.1. The van der Waals surface area contributed by atoms with Crippen molar-refractivity contribution in [2.45, 2.75) is 31.2 Å². The maximum absolute atomic E-state index is 5.39. The maximum atomic E-state index is 5.39. The molecular weight excluding hydrogens is 438 g/mol. The van der Waals surface area contributed by atoms with Crippen molar-refractivity contribution in [3.8, 4) is 11.4 Å². The standard InChI is InChI=1S/C29H27N3OS/c1-20-14-15-27(21(2)16-20)32-28(18-24-11-7-10-23-9-4-5-13-26(23)24)30-31-29(32)34-19-22-8-6-12-25(17-22)33-3/h4-17H,18-19H2,1-3H3. The number of hydrogen-bond donors (Lipinski definition) is 0. The fourth-order valence-corrected chi connectivity index (χ4v) is 5.24. The number of hydrogen-bond acceptors (Lipinski definition) is 4. The molecule has 0 N–H and O–H groups in total. The van der Waals surface area contributed by atoms with E-state index in [-0.39, 0.29) is 0 Å². The van der Waals surface area contributed by atoms with Crippen LogP contribution in [0.4, 0.5) is 0 Å². The van der Waals surface area contributed by atoms with Gasteiger partial charge < -0.3 is 4.74 Å². The van der Waals surface area contributed by atoms with Gasteiger partial charge in [-0.2, -0.15) is 0 Å². The van der Waals surface area contributed by atoms with E-state index >= 15 is 0 Å². The molecule has 0 saturated heterocycles. The lowest BCUT2D eigenvalue weighted by molar-refractivity contribution is 0.414. The molecule has 34 heavy (non-hydrogen) atoms. The SMILES string of the molecule is COc1cccc(CSc2nnc(Cc3cccc4ccccc34)n2-c2ccc(C)cc2C)c1. The van der Waals surface area contributed by atoms with Gasteiger partial charge in [0.25, 0.3) is 0 Å². The first kappa shape index (κ1) is 22.2. The molecule has 1 aromatic heterocycles. The van der Waals surface area contributed by atoms with Gasteiger partial charge in [-0.05, 0) is 59.5 Å². The Kier molecular flexibility index (Phi) is 6.37. The number of nitrogens with zero attached hydrogens (tertiary/aromatic N) is 3. The molecule has 0 amide bonds. The molecule has 0 spiro atoms. The van der Waals surface area contributed by atoms with Crippen LogP contribution in [0.1, 0.15) is 28.1 Å². The van der Waals surface area contributed by atoms with Crippen LogP contribution in [0.25, 0.3) is 16.5 Å². The van der Waals surface area contributed by atoms with Gasteiger partial charge in [-0.1, -0.05) is 84.1 Å². The van der Waals surface area contributed by atoms with Crippen LogP contribution in [-0.4, -0.2) is 21.9 Å². The predicted octanol–water partition coefficient (Wildman–Crippen LogP) is 6.93. The summed E-state index contributed by atoms with van der Waals surface area (Å²) in [6, 6.07) is 29.7. The van der Waals surface area contributed by atoms with E-state index in [2.05, 4.69) is 101 Å². The minimum absolute atomic E-state index is 0.710. The van der Waals surface area contributed by atoms with Crippen molar-refractivity contribution >= 4 is 22.5 Å². The van der Waals surface area contributed by atoms with Crippen LogP contribution in [0.3, 0.4) is 0 Å². The number of benzene rings is 4. The molecule has 4 aromatic carbocycles. The van der Waals surface area contributed by atoms with E-state index in [1.165, 1.54) is 33.0 Å². The van der Waals surface area contributed by atoms with E-state index in [4.69, 9.17) is 4.74 Å². The summed E-state index contributed by atoms with van der Waals surface area (Å²) >= 11 is 1.70. The zero-order chi connectivity index (χ0) is 23.5. The molecular formula is C29H27N3OS. The molecule has 0 aliphatic carbocycles. The molecule has 1 heterocycles. The van der Waals surface area contributed by atoms with Crippen LogP contribution in [0.15, 0.2) is 90.1 Å². The Bertz CT molecular complexity index is 1450. The van der Waals surface area contributed by atoms with Crippen molar-refractivity contribution in [2.24, 2.45) is 0 Å². The van der Waals surface area contributed by atoms with Gasteiger partial charge in [0.15, 0.2) is 5.16 Å². The lowest BCUT2D eigenvalue weighted by Crippen LogP contribution is -2.06. The number of fused-ring (bicyclic) bond motifs is 1. The molecule has 0 saturated carbocycles. The van der Waals surface area contributed by atoms with E-state index in [1.54, 1.807) is 18.9 Å². The minimum atomic E-state index is 0.710. The number of methoxy groups -OCH3 is 1. The van der Waals surface area contributed by atoms with Crippen molar-refractivity contribution in [1.82, 2.24) is 14.8 Å². The quantitative estimate of drug-likeness (QED) is 0.244. The maximum Gasteiger partial charge on any atom is 0.196 e. The third-order valence-corrected chi connectivity index (χ3v) is 7.02. The second-order valence-electron chi connectivity index (χ2n) is 8.48. The van der Waals surface area contributed by atoms with E-state index in [0.29, 0.717) is 6.42 Å². The highest BCUT2D eigenvalue weighted by atomic mass is 32.2. The van der Waals surface area contributed by atoms with Crippen molar-refractivity contribution in [3.05, 3.63) is 113 Å². The van der Waals surface area contributed by atoms with E-state index in [9.17, 15) is 0 Å². The number of thioether (sulfide) groups is 1. The Morgan fingerprint density at radius 2 is 1.68 bits per heavy atom. The van der Waals surface area contributed by atoms with Gasteiger partial charge in [-0.25, -0.2) is 0 Å². The summed E-state index contributed by atoms with van der Waals surface area (Å²) in [7, 11) is 1.70. The Hall–Kier alpha value is -3.57. The first-order valence-electron chi connectivity index (χ1n) is 11.4.